The van der Waals surface area contributed by atoms with Gasteiger partial charge in [-0.3, -0.25) is 9.59 Å². The molecule has 0 spiro atoms. The second-order valence-electron chi connectivity index (χ2n) is 9.77. The monoisotopic (exact) mass is 479 g/mol. The first-order valence-corrected chi connectivity index (χ1v) is 12.6. The first-order chi connectivity index (χ1) is 17.1. The van der Waals surface area contributed by atoms with Crippen molar-refractivity contribution in [3.05, 3.63) is 129 Å². The van der Waals surface area contributed by atoms with Crippen molar-refractivity contribution in [1.82, 2.24) is 5.32 Å². The van der Waals surface area contributed by atoms with Gasteiger partial charge in [0.25, 0.3) is 0 Å². The number of hydrogen-bond acceptors (Lipinski definition) is 3. The Bertz CT molecular complexity index is 1270. The minimum Gasteiger partial charge on any atom is -0.362 e. The molecule has 0 unspecified atom stereocenters. The summed E-state index contributed by atoms with van der Waals surface area (Å²) in [4.78, 5) is 27.3. The van der Waals surface area contributed by atoms with E-state index in [-0.39, 0.29) is 29.3 Å². The average Bonchev–Trinajstić information content (AvgIpc) is 2.89. The van der Waals surface area contributed by atoms with E-state index in [4.69, 9.17) is 11.6 Å². The lowest BCUT2D eigenvalue weighted by atomic mass is 9.67. The van der Waals surface area contributed by atoms with Crippen LogP contribution in [0.1, 0.15) is 60.1 Å². The number of allylic oxidation sites excluding steroid dienone is 4. The molecular weight excluding hydrogens is 454 g/mol. The summed E-state index contributed by atoms with van der Waals surface area (Å²) in [6, 6.07) is 28.1. The summed E-state index contributed by atoms with van der Waals surface area (Å²) >= 11 is 6.19. The third-order valence-electron chi connectivity index (χ3n) is 7.64. The molecule has 0 amide bonds. The Balaban J connectivity index is 1.44. The van der Waals surface area contributed by atoms with E-state index in [2.05, 4.69) is 29.6 Å². The molecule has 3 aromatic rings. The van der Waals surface area contributed by atoms with E-state index >= 15 is 0 Å². The molecule has 2 atom stereocenters. The fourth-order valence-corrected chi connectivity index (χ4v) is 6.13. The van der Waals surface area contributed by atoms with Crippen LogP contribution in [0.5, 0.6) is 0 Å². The molecule has 0 bridgehead atoms. The van der Waals surface area contributed by atoms with Gasteiger partial charge in [0.2, 0.25) is 0 Å². The molecular formula is C31H26ClNO2. The lowest BCUT2D eigenvalue weighted by molar-refractivity contribution is -0.117. The highest BCUT2D eigenvalue weighted by molar-refractivity contribution is 6.30. The fourth-order valence-electron chi connectivity index (χ4n) is 6.01. The van der Waals surface area contributed by atoms with Crippen LogP contribution in [-0.2, 0) is 9.59 Å². The third kappa shape index (κ3) is 4.04. The van der Waals surface area contributed by atoms with Crippen LogP contribution in [0.15, 0.2) is 107 Å². The van der Waals surface area contributed by atoms with Crippen LogP contribution in [0.2, 0.25) is 5.02 Å². The standard InChI is InChI=1S/C31H26ClNO2/c32-24-13-11-21(12-14-24)29-30-25(15-22(17-27(30)34)19-7-3-1-4-8-19)33-26-16-23(18-28(35)31(26)29)20-9-5-2-6-10-20/h1-14,22-23,29,33H,15-18H2/t22-,23-/m1/s1. The molecule has 6 rings (SSSR count). The molecule has 2 aliphatic carbocycles. The van der Waals surface area contributed by atoms with Crippen molar-refractivity contribution in [1.29, 1.82) is 0 Å². The van der Waals surface area contributed by atoms with E-state index in [1.807, 2.05) is 60.7 Å². The maximum absolute atomic E-state index is 13.7. The van der Waals surface area contributed by atoms with Crippen molar-refractivity contribution in [3.63, 3.8) is 0 Å². The Morgan fingerprint density at radius 2 is 1.03 bits per heavy atom. The largest absolute Gasteiger partial charge is 0.362 e. The number of Topliss-reactive ketones (excluding diaryl/α,β-unsaturated/α-hetero) is 2. The highest BCUT2D eigenvalue weighted by atomic mass is 35.5. The van der Waals surface area contributed by atoms with E-state index in [0.717, 1.165) is 40.9 Å². The maximum atomic E-state index is 13.7. The van der Waals surface area contributed by atoms with Gasteiger partial charge in [-0.05, 0) is 53.5 Å². The van der Waals surface area contributed by atoms with Crippen molar-refractivity contribution in [3.8, 4) is 0 Å². The van der Waals surface area contributed by atoms with E-state index in [1.54, 1.807) is 0 Å². The summed E-state index contributed by atoms with van der Waals surface area (Å²) in [6.07, 6.45) is 2.43. The normalized spacial score (nSPS) is 22.5. The van der Waals surface area contributed by atoms with Gasteiger partial charge < -0.3 is 5.32 Å². The highest BCUT2D eigenvalue weighted by Crippen LogP contribution is 2.49. The number of ketones is 2. The van der Waals surface area contributed by atoms with Gasteiger partial charge in [0.05, 0.1) is 0 Å². The third-order valence-corrected chi connectivity index (χ3v) is 7.89. The zero-order chi connectivity index (χ0) is 23.9. The second kappa shape index (κ2) is 8.98. The van der Waals surface area contributed by atoms with Crippen LogP contribution < -0.4 is 5.32 Å². The van der Waals surface area contributed by atoms with Gasteiger partial charge >= 0.3 is 0 Å². The van der Waals surface area contributed by atoms with Crippen LogP contribution in [0.3, 0.4) is 0 Å². The van der Waals surface area contributed by atoms with Crippen LogP contribution in [0.4, 0.5) is 0 Å². The van der Waals surface area contributed by atoms with Crippen LogP contribution in [0.25, 0.3) is 0 Å². The van der Waals surface area contributed by atoms with Crippen LogP contribution in [0, 0.1) is 0 Å². The average molecular weight is 480 g/mol. The Morgan fingerprint density at radius 3 is 1.49 bits per heavy atom. The van der Waals surface area contributed by atoms with E-state index in [9.17, 15) is 9.59 Å². The predicted molar refractivity (Wildman–Crippen MR) is 138 cm³/mol. The SMILES string of the molecule is O=C1C[C@H](c2ccccc2)CC2=C1C(c1ccc(Cl)cc1)C1=C(C[C@@H](c3ccccc3)CC1=O)N2. The Morgan fingerprint density at radius 1 is 0.571 bits per heavy atom. The van der Waals surface area contributed by atoms with E-state index in [1.165, 1.54) is 11.1 Å². The minimum absolute atomic E-state index is 0.122. The van der Waals surface area contributed by atoms with Gasteiger partial charge in [-0.25, -0.2) is 0 Å². The summed E-state index contributed by atoms with van der Waals surface area (Å²) in [6.45, 7) is 0. The lowest BCUT2D eigenvalue weighted by Gasteiger charge is -2.40. The number of rotatable bonds is 3. The molecule has 4 heteroatoms. The zero-order valence-corrected chi connectivity index (χ0v) is 20.1. The number of dihydropyridines is 1. The first-order valence-electron chi connectivity index (χ1n) is 12.2. The number of benzene rings is 3. The van der Waals surface area contributed by atoms with Gasteiger partial charge in [-0.1, -0.05) is 84.4 Å². The highest BCUT2D eigenvalue weighted by Gasteiger charge is 2.43. The number of halogens is 1. The Hall–Kier alpha value is -3.43. The van der Waals surface area contributed by atoms with Gasteiger partial charge in [-0.2, -0.15) is 0 Å². The summed E-state index contributed by atoms with van der Waals surface area (Å²) in [5.41, 5.74) is 6.76. The number of carbonyl (C=O) groups is 2. The maximum Gasteiger partial charge on any atom is 0.162 e. The molecule has 0 saturated carbocycles. The first kappa shape index (κ1) is 22.1. The van der Waals surface area contributed by atoms with Gasteiger partial charge in [0.1, 0.15) is 0 Å². The topological polar surface area (TPSA) is 46.2 Å². The Labute approximate surface area is 210 Å². The zero-order valence-electron chi connectivity index (χ0n) is 19.3. The van der Waals surface area contributed by atoms with Crippen LogP contribution >= 0.6 is 11.6 Å². The molecule has 3 aliphatic rings. The van der Waals surface area contributed by atoms with Crippen LogP contribution in [-0.4, -0.2) is 11.6 Å². The predicted octanol–water partition coefficient (Wildman–Crippen LogP) is 6.83. The fraction of sp³-hybridized carbons (Fsp3) is 0.226. The molecule has 174 valence electrons. The van der Waals surface area contributed by atoms with Crippen molar-refractivity contribution < 1.29 is 9.59 Å². The van der Waals surface area contributed by atoms with Gasteiger partial charge in [-0.15, -0.1) is 0 Å². The Kier molecular flexibility index (Phi) is 5.66. The van der Waals surface area contributed by atoms with Crippen molar-refractivity contribution in [2.75, 3.05) is 0 Å². The molecule has 0 fully saturated rings. The molecule has 0 radical (unpaired) electrons. The second-order valence-corrected chi connectivity index (χ2v) is 10.2. The minimum atomic E-state index is -0.341. The van der Waals surface area contributed by atoms with Crippen molar-refractivity contribution >= 4 is 23.2 Å². The van der Waals surface area contributed by atoms with Crippen molar-refractivity contribution in [2.45, 2.75) is 43.4 Å². The molecule has 3 aromatic carbocycles. The van der Waals surface area contributed by atoms with E-state index < -0.39 is 0 Å². The molecule has 35 heavy (non-hydrogen) atoms. The van der Waals surface area contributed by atoms with Gasteiger partial charge in [0.15, 0.2) is 11.6 Å². The molecule has 3 nitrogen and oxygen atoms in total. The van der Waals surface area contributed by atoms with Crippen molar-refractivity contribution in [2.24, 2.45) is 0 Å². The number of hydrogen-bond donors (Lipinski definition) is 1. The summed E-state index contributed by atoms with van der Waals surface area (Å²) in [5, 5.41) is 4.26. The van der Waals surface area contributed by atoms with E-state index in [0.29, 0.717) is 17.9 Å². The molecule has 0 saturated heterocycles. The molecule has 1 aliphatic heterocycles. The smallest absolute Gasteiger partial charge is 0.162 e. The molecule has 1 heterocycles. The quantitative estimate of drug-likeness (QED) is 0.448. The summed E-state index contributed by atoms with van der Waals surface area (Å²) in [5.74, 6) is 0.167. The number of nitrogens with one attached hydrogen (secondary N) is 1. The summed E-state index contributed by atoms with van der Waals surface area (Å²) < 4.78 is 0. The molecule has 0 aromatic heterocycles. The number of carbonyl (C=O) groups excluding carboxylic acids is 2. The lowest BCUT2D eigenvalue weighted by Crippen LogP contribution is -2.38. The van der Waals surface area contributed by atoms with Gasteiger partial charge in [0, 0.05) is 46.3 Å². The molecule has 1 N–H and O–H groups in total. The summed E-state index contributed by atoms with van der Waals surface area (Å²) in [7, 11) is 0.